The molecule has 1 N–H and O–H groups in total. The predicted octanol–water partition coefficient (Wildman–Crippen LogP) is 2.97. The molecule has 0 aliphatic carbocycles. The summed E-state index contributed by atoms with van der Waals surface area (Å²) in [5.74, 6) is 1.07. The van der Waals surface area contributed by atoms with Gasteiger partial charge in [-0.1, -0.05) is 15.9 Å². The quantitative estimate of drug-likeness (QED) is 0.906. The number of nitrogens with zero attached hydrogens (tertiary/aromatic N) is 1. The van der Waals surface area contributed by atoms with Crippen molar-refractivity contribution in [2.45, 2.75) is 56.3 Å². The number of likely N-dealkylation sites (N-methyl/N-ethyl adjacent to an activating group) is 1. The highest BCUT2D eigenvalue weighted by Crippen LogP contribution is 2.33. The second kappa shape index (κ2) is 5.56. The van der Waals surface area contributed by atoms with Crippen molar-refractivity contribution in [1.82, 2.24) is 10.2 Å². The Bertz CT molecular complexity index is 524. The molecule has 3 atom stereocenters. The number of piperidine rings is 1. The highest BCUT2D eigenvalue weighted by molar-refractivity contribution is 9.10. The fourth-order valence-electron chi connectivity index (χ4n) is 4.25. The van der Waals surface area contributed by atoms with Crippen molar-refractivity contribution in [3.63, 3.8) is 0 Å². The average molecular weight is 351 g/mol. The van der Waals surface area contributed by atoms with Crippen LogP contribution in [0.25, 0.3) is 0 Å². The SMILES string of the molecule is CN(CC1Cc2cc(Br)ccc2O1)C1CC2CCC(C1)N2. The lowest BCUT2D eigenvalue weighted by atomic mass is 9.98. The summed E-state index contributed by atoms with van der Waals surface area (Å²) in [5.41, 5.74) is 1.34. The first-order chi connectivity index (χ1) is 10.2. The monoisotopic (exact) mass is 350 g/mol. The van der Waals surface area contributed by atoms with E-state index in [1.165, 1.54) is 31.2 Å². The molecular formula is C17H23BrN2O. The van der Waals surface area contributed by atoms with E-state index in [0.717, 1.165) is 41.3 Å². The first-order valence-electron chi connectivity index (χ1n) is 8.09. The minimum atomic E-state index is 0.312. The van der Waals surface area contributed by atoms with Gasteiger partial charge in [-0.05, 0) is 56.5 Å². The van der Waals surface area contributed by atoms with Crippen LogP contribution in [-0.4, -0.2) is 42.7 Å². The summed E-state index contributed by atoms with van der Waals surface area (Å²) in [4.78, 5) is 2.54. The van der Waals surface area contributed by atoms with Crippen LogP contribution in [0.2, 0.25) is 0 Å². The molecule has 0 aromatic heterocycles. The van der Waals surface area contributed by atoms with Gasteiger partial charge in [0, 0.05) is 35.6 Å². The molecule has 21 heavy (non-hydrogen) atoms. The van der Waals surface area contributed by atoms with Gasteiger partial charge in [-0.15, -0.1) is 0 Å². The second-order valence-electron chi connectivity index (χ2n) is 6.90. The normalized spacial score (nSPS) is 34.0. The highest BCUT2D eigenvalue weighted by Gasteiger charge is 2.36. The van der Waals surface area contributed by atoms with Gasteiger partial charge in [0.15, 0.2) is 0 Å². The third-order valence-electron chi connectivity index (χ3n) is 5.33. The van der Waals surface area contributed by atoms with Gasteiger partial charge in [0.2, 0.25) is 0 Å². The van der Waals surface area contributed by atoms with E-state index in [1.807, 2.05) is 0 Å². The topological polar surface area (TPSA) is 24.5 Å². The van der Waals surface area contributed by atoms with Gasteiger partial charge in [-0.2, -0.15) is 0 Å². The van der Waals surface area contributed by atoms with E-state index < -0.39 is 0 Å². The van der Waals surface area contributed by atoms with Gasteiger partial charge in [0.25, 0.3) is 0 Å². The predicted molar refractivity (Wildman–Crippen MR) is 87.9 cm³/mol. The van der Waals surface area contributed by atoms with Gasteiger partial charge in [-0.25, -0.2) is 0 Å². The van der Waals surface area contributed by atoms with E-state index in [2.05, 4.69) is 51.4 Å². The van der Waals surface area contributed by atoms with Crippen LogP contribution in [0.4, 0.5) is 0 Å². The van der Waals surface area contributed by atoms with Crippen LogP contribution in [0.1, 0.15) is 31.2 Å². The molecule has 2 bridgehead atoms. The van der Waals surface area contributed by atoms with Gasteiger partial charge >= 0.3 is 0 Å². The molecule has 2 saturated heterocycles. The fraction of sp³-hybridized carbons (Fsp3) is 0.647. The summed E-state index contributed by atoms with van der Waals surface area (Å²) < 4.78 is 7.26. The van der Waals surface area contributed by atoms with Gasteiger partial charge in [0.1, 0.15) is 11.9 Å². The van der Waals surface area contributed by atoms with E-state index in [9.17, 15) is 0 Å². The standard InChI is InChI=1S/C17H23BrN2O/c1-20(15-8-13-3-4-14(9-15)19-13)10-16-7-11-6-12(18)2-5-17(11)21-16/h2,5-6,13-16,19H,3-4,7-10H2,1H3. The number of nitrogens with one attached hydrogen (secondary N) is 1. The molecule has 114 valence electrons. The number of rotatable bonds is 3. The summed E-state index contributed by atoms with van der Waals surface area (Å²) in [6, 6.07) is 8.59. The molecule has 1 aromatic rings. The second-order valence-corrected chi connectivity index (χ2v) is 7.81. The van der Waals surface area contributed by atoms with Crippen molar-refractivity contribution in [1.29, 1.82) is 0 Å². The number of hydrogen-bond acceptors (Lipinski definition) is 3. The third kappa shape index (κ3) is 2.86. The van der Waals surface area contributed by atoms with Crippen LogP contribution in [0.5, 0.6) is 5.75 Å². The third-order valence-corrected chi connectivity index (χ3v) is 5.82. The van der Waals surface area contributed by atoms with Crippen molar-refractivity contribution >= 4 is 15.9 Å². The molecule has 0 spiro atoms. The summed E-state index contributed by atoms with van der Waals surface area (Å²) in [6.45, 7) is 1.04. The summed E-state index contributed by atoms with van der Waals surface area (Å²) >= 11 is 3.55. The Hall–Kier alpha value is -0.580. The number of fused-ring (bicyclic) bond motifs is 3. The van der Waals surface area contributed by atoms with Gasteiger partial charge in [-0.3, -0.25) is 4.90 Å². The lowest BCUT2D eigenvalue weighted by Crippen LogP contribution is -2.49. The zero-order valence-electron chi connectivity index (χ0n) is 12.5. The largest absolute Gasteiger partial charge is 0.488 e. The molecule has 3 heterocycles. The van der Waals surface area contributed by atoms with Crippen LogP contribution in [0.15, 0.2) is 22.7 Å². The van der Waals surface area contributed by atoms with Crippen molar-refractivity contribution in [2.75, 3.05) is 13.6 Å². The van der Waals surface area contributed by atoms with Crippen molar-refractivity contribution in [3.8, 4) is 5.75 Å². The van der Waals surface area contributed by atoms with Crippen molar-refractivity contribution in [3.05, 3.63) is 28.2 Å². The lowest BCUT2D eigenvalue weighted by Gasteiger charge is -2.36. The molecule has 0 radical (unpaired) electrons. The molecule has 0 amide bonds. The van der Waals surface area contributed by atoms with Crippen LogP contribution < -0.4 is 10.1 Å². The Morgan fingerprint density at radius 3 is 2.81 bits per heavy atom. The molecule has 0 saturated carbocycles. The van der Waals surface area contributed by atoms with Gasteiger partial charge < -0.3 is 10.1 Å². The van der Waals surface area contributed by atoms with E-state index in [0.29, 0.717) is 6.10 Å². The van der Waals surface area contributed by atoms with Gasteiger partial charge in [0.05, 0.1) is 0 Å². The maximum atomic E-state index is 6.11. The molecule has 3 unspecified atom stereocenters. The summed E-state index contributed by atoms with van der Waals surface area (Å²) in [6.07, 6.45) is 6.70. The van der Waals surface area contributed by atoms with Crippen molar-refractivity contribution in [2.24, 2.45) is 0 Å². The van der Waals surface area contributed by atoms with Crippen LogP contribution >= 0.6 is 15.9 Å². The Kier molecular flexibility index (Phi) is 3.72. The fourth-order valence-corrected chi connectivity index (χ4v) is 4.66. The Balaban J connectivity index is 1.37. The molecule has 3 aliphatic heterocycles. The maximum Gasteiger partial charge on any atom is 0.123 e. The minimum absolute atomic E-state index is 0.312. The van der Waals surface area contributed by atoms with E-state index in [1.54, 1.807) is 0 Å². The zero-order valence-corrected chi connectivity index (χ0v) is 14.1. The van der Waals surface area contributed by atoms with E-state index >= 15 is 0 Å². The molecule has 3 nitrogen and oxygen atoms in total. The van der Waals surface area contributed by atoms with E-state index in [-0.39, 0.29) is 0 Å². The number of halogens is 1. The Morgan fingerprint density at radius 2 is 2.05 bits per heavy atom. The Labute approximate surface area is 135 Å². The van der Waals surface area contributed by atoms with Crippen molar-refractivity contribution < 1.29 is 4.74 Å². The number of ether oxygens (including phenoxy) is 1. The van der Waals surface area contributed by atoms with Crippen LogP contribution in [0.3, 0.4) is 0 Å². The first-order valence-corrected chi connectivity index (χ1v) is 8.88. The lowest BCUT2D eigenvalue weighted by molar-refractivity contribution is 0.112. The molecule has 4 heteroatoms. The molecule has 3 aliphatic rings. The smallest absolute Gasteiger partial charge is 0.123 e. The summed E-state index contributed by atoms with van der Waals surface area (Å²) in [7, 11) is 2.28. The first kappa shape index (κ1) is 14.0. The van der Waals surface area contributed by atoms with Crippen LogP contribution in [0, 0.1) is 0 Å². The molecule has 1 aromatic carbocycles. The maximum absolute atomic E-state index is 6.11. The molecule has 2 fully saturated rings. The summed E-state index contributed by atoms with van der Waals surface area (Å²) in [5, 5.41) is 3.73. The zero-order chi connectivity index (χ0) is 14.4. The number of benzene rings is 1. The molecule has 4 rings (SSSR count). The Morgan fingerprint density at radius 1 is 1.29 bits per heavy atom. The van der Waals surface area contributed by atoms with Crippen LogP contribution in [-0.2, 0) is 6.42 Å². The van der Waals surface area contributed by atoms with E-state index in [4.69, 9.17) is 4.74 Å². The molecular weight excluding hydrogens is 328 g/mol. The minimum Gasteiger partial charge on any atom is -0.488 e. The highest BCUT2D eigenvalue weighted by atomic mass is 79.9. The number of hydrogen-bond donors (Lipinski definition) is 1. The average Bonchev–Trinajstić information content (AvgIpc) is 3.00.